The van der Waals surface area contributed by atoms with Gasteiger partial charge in [-0.2, -0.15) is 0 Å². The average Bonchev–Trinajstić information content (AvgIpc) is 2.91. The van der Waals surface area contributed by atoms with Crippen molar-refractivity contribution in [1.29, 1.82) is 0 Å². The molecule has 0 fully saturated rings. The number of nitrogens with one attached hydrogen (secondary N) is 1. The topological polar surface area (TPSA) is 120 Å². The molecule has 0 radical (unpaired) electrons. The summed E-state index contributed by atoms with van der Waals surface area (Å²) in [6, 6.07) is 6.82. The van der Waals surface area contributed by atoms with E-state index in [1.54, 1.807) is 36.2 Å². The van der Waals surface area contributed by atoms with E-state index in [1.807, 2.05) is 55.4 Å². The van der Waals surface area contributed by atoms with Gasteiger partial charge in [-0.3, -0.25) is 14.4 Å². The molecule has 0 spiro atoms. The zero-order valence-electron chi connectivity index (χ0n) is 27.7. The van der Waals surface area contributed by atoms with Gasteiger partial charge in [0, 0.05) is 31.3 Å². The van der Waals surface area contributed by atoms with Crippen molar-refractivity contribution >= 4 is 24.4 Å². The Morgan fingerprint density at radius 1 is 0.791 bits per heavy atom. The van der Waals surface area contributed by atoms with Crippen molar-refractivity contribution in [1.82, 2.24) is 10.2 Å². The molecule has 0 aliphatic heterocycles. The number of ether oxygens (including phenoxy) is 4. The fraction of sp³-hybridized carbons (Fsp3) is 0.697. The summed E-state index contributed by atoms with van der Waals surface area (Å²) in [4.78, 5) is 48.1. The van der Waals surface area contributed by atoms with Crippen molar-refractivity contribution in [2.24, 2.45) is 0 Å². The molecule has 1 N–H and O–H groups in total. The summed E-state index contributed by atoms with van der Waals surface area (Å²) in [6.45, 7) is 17.8. The SMILES string of the molecule is CN(C(=O)c1ccccc1C=O)C(C)(C)CCOC(C)(C)CCOC(C)(C)CCOC(C)(C)CCNC(=O)COCC=O. The smallest absolute Gasteiger partial charge is 0.254 e. The van der Waals surface area contributed by atoms with E-state index in [0.29, 0.717) is 75.7 Å². The normalized spacial score (nSPS) is 12.6. The van der Waals surface area contributed by atoms with Crippen LogP contribution in [-0.4, -0.2) is 98.3 Å². The molecule has 10 nitrogen and oxygen atoms in total. The fourth-order valence-electron chi connectivity index (χ4n) is 4.11. The maximum atomic E-state index is 13.1. The molecular formula is C33H54N2O8. The maximum absolute atomic E-state index is 13.1. The van der Waals surface area contributed by atoms with Gasteiger partial charge >= 0.3 is 0 Å². The van der Waals surface area contributed by atoms with Gasteiger partial charge in [0.05, 0.1) is 35.6 Å². The van der Waals surface area contributed by atoms with Gasteiger partial charge in [-0.25, -0.2) is 0 Å². The summed E-state index contributed by atoms with van der Waals surface area (Å²) < 4.78 is 23.4. The average molecular weight is 607 g/mol. The second-order valence-corrected chi connectivity index (χ2v) is 13.2. The van der Waals surface area contributed by atoms with E-state index >= 15 is 0 Å². The van der Waals surface area contributed by atoms with Crippen LogP contribution in [0.3, 0.4) is 0 Å². The Morgan fingerprint density at radius 3 is 1.84 bits per heavy atom. The highest BCUT2D eigenvalue weighted by molar-refractivity contribution is 6.01. The molecule has 0 aliphatic rings. The first kappa shape index (κ1) is 38.4. The third-order valence-electron chi connectivity index (χ3n) is 7.60. The third-order valence-corrected chi connectivity index (χ3v) is 7.60. The maximum Gasteiger partial charge on any atom is 0.254 e. The van der Waals surface area contributed by atoms with E-state index in [-0.39, 0.29) is 30.6 Å². The lowest BCUT2D eigenvalue weighted by atomic mass is 9.96. The van der Waals surface area contributed by atoms with Crippen molar-refractivity contribution in [3.8, 4) is 0 Å². The molecule has 0 atom stereocenters. The minimum atomic E-state index is -0.480. The van der Waals surface area contributed by atoms with Gasteiger partial charge in [0.25, 0.3) is 5.91 Å². The van der Waals surface area contributed by atoms with Crippen LogP contribution in [0, 0.1) is 0 Å². The van der Waals surface area contributed by atoms with Crippen molar-refractivity contribution in [3.63, 3.8) is 0 Å². The lowest BCUT2D eigenvalue weighted by Crippen LogP contribution is -2.46. The molecule has 1 aromatic carbocycles. The van der Waals surface area contributed by atoms with E-state index in [9.17, 15) is 19.2 Å². The summed E-state index contributed by atoms with van der Waals surface area (Å²) in [6.07, 6.45) is 3.97. The standard InChI is InChI=1S/C33H54N2O8/c1-30(2,35(9)29(39)27-13-11-10-12-26(27)24-37)15-20-41-32(5,6)17-22-43-33(7,8)16-21-42-31(3,4)14-18-34-28(38)25-40-23-19-36/h10-13,19,24H,14-18,20-23,25H2,1-9H3,(H,34,38). The Morgan fingerprint density at radius 2 is 1.30 bits per heavy atom. The summed E-state index contributed by atoms with van der Waals surface area (Å²) in [5.41, 5.74) is -0.934. The second kappa shape index (κ2) is 17.6. The molecule has 0 heterocycles. The largest absolute Gasteiger partial charge is 0.375 e. The van der Waals surface area contributed by atoms with Crippen LogP contribution in [0.25, 0.3) is 0 Å². The summed E-state index contributed by atoms with van der Waals surface area (Å²) in [7, 11) is 1.75. The van der Waals surface area contributed by atoms with Crippen LogP contribution >= 0.6 is 0 Å². The highest BCUT2D eigenvalue weighted by Crippen LogP contribution is 2.25. The molecule has 2 amide bonds. The van der Waals surface area contributed by atoms with Gasteiger partial charge in [0.15, 0.2) is 6.29 Å². The number of aldehydes is 2. The van der Waals surface area contributed by atoms with Gasteiger partial charge < -0.3 is 34.0 Å². The van der Waals surface area contributed by atoms with E-state index in [0.717, 1.165) is 0 Å². The predicted octanol–water partition coefficient (Wildman–Crippen LogP) is 4.63. The molecule has 244 valence electrons. The molecular weight excluding hydrogens is 552 g/mol. The molecule has 0 unspecified atom stereocenters. The van der Waals surface area contributed by atoms with Crippen LogP contribution in [0.15, 0.2) is 24.3 Å². The van der Waals surface area contributed by atoms with Crippen molar-refractivity contribution in [2.45, 2.75) is 103 Å². The predicted molar refractivity (Wildman–Crippen MR) is 166 cm³/mol. The third kappa shape index (κ3) is 15.1. The fourth-order valence-corrected chi connectivity index (χ4v) is 4.11. The number of nitrogens with zero attached hydrogens (tertiary/aromatic N) is 1. The first-order valence-electron chi connectivity index (χ1n) is 15.0. The van der Waals surface area contributed by atoms with Crippen molar-refractivity contribution in [3.05, 3.63) is 35.4 Å². The highest BCUT2D eigenvalue weighted by Gasteiger charge is 2.31. The molecule has 0 aromatic heterocycles. The van der Waals surface area contributed by atoms with Gasteiger partial charge in [0.1, 0.15) is 19.5 Å². The molecule has 0 saturated heterocycles. The van der Waals surface area contributed by atoms with Gasteiger partial charge in [-0.05, 0) is 87.1 Å². The first-order valence-corrected chi connectivity index (χ1v) is 15.0. The molecule has 10 heteroatoms. The van der Waals surface area contributed by atoms with Crippen LogP contribution in [0.1, 0.15) is 102 Å². The molecule has 0 saturated carbocycles. The first-order chi connectivity index (χ1) is 20.0. The van der Waals surface area contributed by atoms with E-state index in [4.69, 9.17) is 18.9 Å². The Labute approximate surface area is 258 Å². The minimum Gasteiger partial charge on any atom is -0.375 e. The Kier molecular flexibility index (Phi) is 15.7. The van der Waals surface area contributed by atoms with Crippen LogP contribution in [-0.2, 0) is 28.5 Å². The lowest BCUT2D eigenvalue weighted by Gasteiger charge is -2.37. The summed E-state index contributed by atoms with van der Waals surface area (Å²) >= 11 is 0. The number of hydrogen-bond donors (Lipinski definition) is 1. The Bertz CT molecular complexity index is 1040. The van der Waals surface area contributed by atoms with Crippen molar-refractivity contribution in [2.75, 3.05) is 46.6 Å². The van der Waals surface area contributed by atoms with Crippen LogP contribution in [0.4, 0.5) is 0 Å². The van der Waals surface area contributed by atoms with Crippen molar-refractivity contribution < 1.29 is 38.1 Å². The minimum absolute atomic E-state index is 0.0924. The number of hydrogen-bond acceptors (Lipinski definition) is 8. The summed E-state index contributed by atoms with van der Waals surface area (Å²) in [5, 5.41) is 2.76. The zero-order chi connectivity index (χ0) is 32.7. The lowest BCUT2D eigenvalue weighted by molar-refractivity contribution is -0.127. The highest BCUT2D eigenvalue weighted by atomic mass is 16.5. The second-order valence-electron chi connectivity index (χ2n) is 13.2. The number of benzene rings is 1. The number of amides is 2. The molecule has 43 heavy (non-hydrogen) atoms. The Hall–Kier alpha value is -2.66. The Balaban J connectivity index is 2.40. The number of carbonyl (C=O) groups is 4. The number of rotatable bonds is 22. The van der Waals surface area contributed by atoms with E-state index in [1.165, 1.54) is 0 Å². The molecule has 1 aromatic rings. The van der Waals surface area contributed by atoms with E-state index < -0.39 is 16.7 Å². The van der Waals surface area contributed by atoms with Gasteiger partial charge in [0.2, 0.25) is 5.91 Å². The number of carbonyl (C=O) groups excluding carboxylic acids is 4. The molecule has 0 bridgehead atoms. The van der Waals surface area contributed by atoms with Crippen LogP contribution in [0.2, 0.25) is 0 Å². The summed E-state index contributed by atoms with van der Waals surface area (Å²) in [5.74, 6) is -0.457. The van der Waals surface area contributed by atoms with Gasteiger partial charge in [-0.15, -0.1) is 0 Å². The van der Waals surface area contributed by atoms with Crippen LogP contribution < -0.4 is 5.32 Å². The zero-order valence-corrected chi connectivity index (χ0v) is 27.7. The van der Waals surface area contributed by atoms with E-state index in [2.05, 4.69) is 5.32 Å². The van der Waals surface area contributed by atoms with Gasteiger partial charge in [-0.1, -0.05) is 18.2 Å². The van der Waals surface area contributed by atoms with Crippen LogP contribution in [0.5, 0.6) is 0 Å². The molecule has 0 aliphatic carbocycles. The quantitative estimate of drug-likeness (QED) is 0.150. The monoisotopic (exact) mass is 606 g/mol. The molecule has 1 rings (SSSR count).